The molecule has 1 fully saturated rings. The molecule has 5 rings (SSSR count). The summed E-state index contributed by atoms with van der Waals surface area (Å²) in [7, 11) is -4.12. The van der Waals surface area contributed by atoms with Gasteiger partial charge in [-0.2, -0.15) is 0 Å². The lowest BCUT2D eigenvalue weighted by atomic mass is 9.94. The van der Waals surface area contributed by atoms with Gasteiger partial charge in [0.15, 0.2) is 0 Å². The number of carbonyl (C=O) groups excluding carboxylic acids is 2. The Kier molecular flexibility index (Phi) is 11.5. The summed E-state index contributed by atoms with van der Waals surface area (Å²) in [6, 6.07) is 32.2. The van der Waals surface area contributed by atoms with Crippen LogP contribution < -0.4 is 9.62 Å². The first-order valence-electron chi connectivity index (χ1n) is 16.6. The van der Waals surface area contributed by atoms with Gasteiger partial charge in [-0.15, -0.1) is 0 Å². The number of aryl methyl sites for hydroxylation is 2. The highest BCUT2D eigenvalue weighted by molar-refractivity contribution is 7.92. The lowest BCUT2D eigenvalue weighted by molar-refractivity contribution is -0.140. The van der Waals surface area contributed by atoms with E-state index in [1.54, 1.807) is 35.2 Å². The number of nitrogens with one attached hydrogen (secondary N) is 1. The van der Waals surface area contributed by atoms with Crippen LogP contribution in [0.3, 0.4) is 0 Å². The molecule has 4 aromatic carbocycles. The summed E-state index contributed by atoms with van der Waals surface area (Å²) < 4.78 is 29.5. The van der Waals surface area contributed by atoms with Crippen molar-refractivity contribution in [1.29, 1.82) is 0 Å². The predicted molar refractivity (Wildman–Crippen MR) is 187 cm³/mol. The molecule has 8 heteroatoms. The van der Waals surface area contributed by atoms with Crippen LogP contribution in [0.5, 0.6) is 0 Å². The van der Waals surface area contributed by atoms with Gasteiger partial charge in [0.25, 0.3) is 10.0 Å². The van der Waals surface area contributed by atoms with E-state index in [2.05, 4.69) is 5.32 Å². The predicted octanol–water partition coefficient (Wildman–Crippen LogP) is 6.84. The number of hydrogen-bond donors (Lipinski definition) is 1. The highest BCUT2D eigenvalue weighted by atomic mass is 32.2. The average Bonchev–Trinajstić information content (AvgIpc) is 3.10. The summed E-state index contributed by atoms with van der Waals surface area (Å²) in [5.41, 5.74) is 4.30. The van der Waals surface area contributed by atoms with Crippen LogP contribution in [-0.4, -0.2) is 43.8 Å². The van der Waals surface area contributed by atoms with Crippen molar-refractivity contribution in [3.63, 3.8) is 0 Å². The first kappa shape index (κ1) is 33.9. The lowest BCUT2D eigenvalue weighted by Gasteiger charge is -2.35. The van der Waals surface area contributed by atoms with Gasteiger partial charge < -0.3 is 10.2 Å². The molecule has 4 aromatic rings. The first-order chi connectivity index (χ1) is 22.7. The van der Waals surface area contributed by atoms with Gasteiger partial charge >= 0.3 is 0 Å². The summed E-state index contributed by atoms with van der Waals surface area (Å²) in [5.74, 6) is -0.671. The molecule has 7 nitrogen and oxygen atoms in total. The van der Waals surface area contributed by atoms with Crippen molar-refractivity contribution in [3.8, 4) is 0 Å². The molecule has 0 aliphatic heterocycles. The third-order valence-corrected chi connectivity index (χ3v) is 10.7. The normalized spacial score (nSPS) is 14.3. The number of carbonyl (C=O) groups is 2. The molecule has 0 radical (unpaired) electrons. The standard InChI is InChI=1S/C39H45N3O4S/c1-3-31-23-25-35(26-24-31)42(47(45,46)36-17-11-6-12-18-36)29-38(43)41(28-33-21-19-30(2)20-22-33)37(27-32-13-7-4-8-14-32)39(44)40-34-15-9-5-10-16-34/h4,6-8,11-14,17-26,34,37H,3,5,9-10,15-16,27-29H2,1-2H3,(H,40,44)/t37-/m0/s1. The van der Waals surface area contributed by atoms with Gasteiger partial charge in [-0.25, -0.2) is 8.42 Å². The second kappa shape index (κ2) is 15.9. The first-order valence-corrected chi connectivity index (χ1v) is 18.0. The fourth-order valence-corrected chi connectivity index (χ4v) is 7.57. The van der Waals surface area contributed by atoms with Crippen molar-refractivity contribution in [2.75, 3.05) is 10.8 Å². The van der Waals surface area contributed by atoms with Gasteiger partial charge in [-0.3, -0.25) is 13.9 Å². The third-order valence-electron chi connectivity index (χ3n) is 8.94. The van der Waals surface area contributed by atoms with Crippen LogP contribution >= 0.6 is 0 Å². The summed E-state index contributed by atoms with van der Waals surface area (Å²) in [4.78, 5) is 30.5. The van der Waals surface area contributed by atoms with E-state index in [4.69, 9.17) is 0 Å². The van der Waals surface area contributed by atoms with E-state index in [1.807, 2.05) is 80.6 Å². The van der Waals surface area contributed by atoms with Gasteiger partial charge in [0.1, 0.15) is 12.6 Å². The Hall–Kier alpha value is -4.43. The number of anilines is 1. The second-order valence-corrected chi connectivity index (χ2v) is 14.3. The minimum Gasteiger partial charge on any atom is -0.352 e. The van der Waals surface area contributed by atoms with Gasteiger partial charge in [-0.1, -0.05) is 117 Å². The maximum absolute atomic E-state index is 14.7. The molecule has 1 aliphatic carbocycles. The molecule has 1 aliphatic rings. The van der Waals surface area contributed by atoms with Crippen LogP contribution in [0.1, 0.15) is 61.3 Å². The number of nitrogens with zero attached hydrogens (tertiary/aromatic N) is 2. The van der Waals surface area contributed by atoms with Gasteiger partial charge in [0, 0.05) is 19.0 Å². The van der Waals surface area contributed by atoms with Crippen molar-refractivity contribution in [2.24, 2.45) is 0 Å². The molecule has 47 heavy (non-hydrogen) atoms. The Balaban J connectivity index is 1.55. The summed E-state index contributed by atoms with van der Waals surface area (Å²) in [5, 5.41) is 3.26. The summed E-state index contributed by atoms with van der Waals surface area (Å²) >= 11 is 0. The van der Waals surface area contributed by atoms with Crippen LogP contribution in [0.15, 0.2) is 114 Å². The van der Waals surface area contributed by atoms with E-state index in [9.17, 15) is 18.0 Å². The van der Waals surface area contributed by atoms with E-state index in [-0.39, 0.29) is 23.4 Å². The van der Waals surface area contributed by atoms with Crippen molar-refractivity contribution in [1.82, 2.24) is 10.2 Å². The molecule has 246 valence electrons. The van der Waals surface area contributed by atoms with E-state index >= 15 is 0 Å². The fraction of sp³-hybridized carbons (Fsp3) is 0.333. The quantitative estimate of drug-likeness (QED) is 0.172. The SMILES string of the molecule is CCc1ccc(N(CC(=O)N(Cc2ccc(C)cc2)[C@@H](Cc2ccccc2)C(=O)NC2CCCCC2)S(=O)(=O)c2ccccc2)cc1. The number of amides is 2. The Bertz CT molecular complexity index is 1700. The van der Waals surface area contributed by atoms with Gasteiger partial charge in [-0.05, 0) is 67.1 Å². The minimum atomic E-state index is -4.12. The maximum Gasteiger partial charge on any atom is 0.264 e. The zero-order valence-electron chi connectivity index (χ0n) is 27.3. The number of hydrogen-bond acceptors (Lipinski definition) is 4. The van der Waals surface area contributed by atoms with Crippen LogP contribution in [0.4, 0.5) is 5.69 Å². The Morgan fingerprint density at radius 2 is 1.36 bits per heavy atom. The maximum atomic E-state index is 14.7. The minimum absolute atomic E-state index is 0.0536. The van der Waals surface area contributed by atoms with E-state index < -0.39 is 28.5 Å². The molecule has 0 spiro atoms. The second-order valence-electron chi connectivity index (χ2n) is 12.4. The smallest absolute Gasteiger partial charge is 0.264 e. The zero-order valence-corrected chi connectivity index (χ0v) is 28.2. The van der Waals surface area contributed by atoms with Crippen LogP contribution in [0.25, 0.3) is 0 Å². The van der Waals surface area contributed by atoms with E-state index in [1.165, 1.54) is 16.4 Å². The Morgan fingerprint density at radius 1 is 0.766 bits per heavy atom. The lowest BCUT2D eigenvalue weighted by Crippen LogP contribution is -2.55. The van der Waals surface area contributed by atoms with E-state index in [0.717, 1.165) is 60.8 Å². The highest BCUT2D eigenvalue weighted by Gasteiger charge is 2.35. The summed E-state index contributed by atoms with van der Waals surface area (Å²) in [6.45, 7) is 3.73. The fourth-order valence-electron chi connectivity index (χ4n) is 6.13. The van der Waals surface area contributed by atoms with Crippen molar-refractivity contribution < 1.29 is 18.0 Å². The largest absolute Gasteiger partial charge is 0.352 e. The highest BCUT2D eigenvalue weighted by Crippen LogP contribution is 2.26. The Labute approximate surface area is 279 Å². The number of rotatable bonds is 13. The molecule has 0 heterocycles. The molecule has 0 unspecified atom stereocenters. The number of benzene rings is 4. The van der Waals surface area contributed by atoms with Crippen LogP contribution in [-0.2, 0) is 39.0 Å². The molecule has 0 saturated heterocycles. The average molecular weight is 652 g/mol. The number of sulfonamides is 1. The monoisotopic (exact) mass is 651 g/mol. The van der Waals surface area contributed by atoms with Crippen LogP contribution in [0, 0.1) is 6.92 Å². The van der Waals surface area contributed by atoms with E-state index in [0.29, 0.717) is 12.1 Å². The molecular weight excluding hydrogens is 607 g/mol. The van der Waals surface area contributed by atoms with Crippen LogP contribution in [0.2, 0.25) is 0 Å². The molecule has 0 bridgehead atoms. The van der Waals surface area contributed by atoms with Gasteiger partial charge in [0.05, 0.1) is 10.6 Å². The van der Waals surface area contributed by atoms with Crippen molar-refractivity contribution >= 4 is 27.5 Å². The molecule has 1 saturated carbocycles. The molecule has 1 N–H and O–H groups in total. The third kappa shape index (κ3) is 8.89. The molecule has 2 amide bonds. The molecule has 1 atom stereocenters. The van der Waals surface area contributed by atoms with Gasteiger partial charge in [0.2, 0.25) is 11.8 Å². The Morgan fingerprint density at radius 3 is 1.98 bits per heavy atom. The summed E-state index contributed by atoms with van der Waals surface area (Å²) in [6.07, 6.45) is 6.19. The van der Waals surface area contributed by atoms with Crippen molar-refractivity contribution in [3.05, 3.63) is 131 Å². The molecule has 0 aromatic heterocycles. The zero-order chi connectivity index (χ0) is 33.2. The topological polar surface area (TPSA) is 86.8 Å². The molecular formula is C39H45N3O4S. The van der Waals surface area contributed by atoms with Crippen molar-refractivity contribution in [2.45, 2.75) is 82.3 Å².